The van der Waals surface area contributed by atoms with Crippen molar-refractivity contribution in [3.63, 3.8) is 0 Å². The van der Waals surface area contributed by atoms with Gasteiger partial charge in [-0.05, 0) is 29.3 Å². The number of phenols is 1. The Kier molecular flexibility index (Phi) is 3.64. The summed E-state index contributed by atoms with van der Waals surface area (Å²) in [6, 6.07) is 12.4. The normalized spacial score (nSPS) is 11.3. The second-order valence-corrected chi connectivity index (χ2v) is 4.00. The highest BCUT2D eigenvalue weighted by molar-refractivity contribution is 5.38. The van der Waals surface area contributed by atoms with Crippen molar-refractivity contribution in [2.24, 2.45) is 0 Å². The molecule has 0 aromatic heterocycles. The molecule has 0 radical (unpaired) electrons. The van der Waals surface area contributed by atoms with Gasteiger partial charge in [0.1, 0.15) is 11.5 Å². The van der Waals surface area contributed by atoms with Crippen LogP contribution >= 0.6 is 0 Å². The molecule has 19 heavy (non-hydrogen) atoms. The largest absolute Gasteiger partial charge is 0.573 e. The van der Waals surface area contributed by atoms with Gasteiger partial charge in [0.15, 0.2) is 0 Å². The fourth-order valence-corrected chi connectivity index (χ4v) is 1.73. The van der Waals surface area contributed by atoms with Crippen molar-refractivity contribution in [3.05, 3.63) is 59.7 Å². The molecule has 0 spiro atoms. The molecule has 2 aromatic rings. The maximum atomic E-state index is 12.1. The van der Waals surface area contributed by atoms with E-state index in [1.807, 2.05) is 0 Å². The predicted molar refractivity (Wildman–Crippen MR) is 64.0 cm³/mol. The molecule has 0 unspecified atom stereocenters. The van der Waals surface area contributed by atoms with Crippen LogP contribution in [0.4, 0.5) is 13.2 Å². The lowest BCUT2D eigenvalue weighted by Crippen LogP contribution is -2.17. The van der Waals surface area contributed by atoms with E-state index in [0.717, 1.165) is 0 Å². The van der Waals surface area contributed by atoms with Crippen LogP contribution < -0.4 is 4.74 Å². The van der Waals surface area contributed by atoms with Crippen molar-refractivity contribution in [3.8, 4) is 11.5 Å². The van der Waals surface area contributed by atoms with Crippen LogP contribution in [0.15, 0.2) is 48.5 Å². The van der Waals surface area contributed by atoms with Gasteiger partial charge < -0.3 is 9.84 Å². The molecule has 0 amide bonds. The Balaban J connectivity index is 2.18. The summed E-state index contributed by atoms with van der Waals surface area (Å²) in [5.41, 5.74) is 1.27. The first-order chi connectivity index (χ1) is 8.94. The standard InChI is InChI=1S/C14H11F3O2/c15-14(16,17)19-12-6-3-4-10(9-12)8-11-5-1-2-7-13(11)18/h1-7,9,18H,8H2. The monoisotopic (exact) mass is 268 g/mol. The number of aromatic hydroxyl groups is 1. The highest BCUT2D eigenvalue weighted by atomic mass is 19.4. The summed E-state index contributed by atoms with van der Waals surface area (Å²) in [5.74, 6) is -0.148. The van der Waals surface area contributed by atoms with Crippen LogP contribution in [0.2, 0.25) is 0 Å². The molecule has 0 aliphatic heterocycles. The zero-order valence-electron chi connectivity index (χ0n) is 9.82. The van der Waals surface area contributed by atoms with E-state index in [-0.39, 0.29) is 11.5 Å². The minimum absolute atomic E-state index is 0.115. The van der Waals surface area contributed by atoms with Gasteiger partial charge in [-0.15, -0.1) is 13.2 Å². The summed E-state index contributed by atoms with van der Waals surface area (Å²) < 4.78 is 40.2. The van der Waals surface area contributed by atoms with Crippen molar-refractivity contribution >= 4 is 0 Å². The number of alkyl halides is 3. The molecule has 100 valence electrons. The quantitative estimate of drug-likeness (QED) is 0.915. The van der Waals surface area contributed by atoms with Crippen molar-refractivity contribution in [2.45, 2.75) is 12.8 Å². The molecule has 0 saturated heterocycles. The van der Waals surface area contributed by atoms with Gasteiger partial charge in [-0.1, -0.05) is 30.3 Å². The van der Waals surface area contributed by atoms with Crippen molar-refractivity contribution < 1.29 is 23.0 Å². The molecule has 0 aliphatic rings. The molecule has 1 N–H and O–H groups in total. The molecular formula is C14H11F3O2. The van der Waals surface area contributed by atoms with Crippen molar-refractivity contribution in [2.75, 3.05) is 0 Å². The van der Waals surface area contributed by atoms with Crippen LogP contribution in [0.3, 0.4) is 0 Å². The van der Waals surface area contributed by atoms with E-state index in [1.54, 1.807) is 24.3 Å². The van der Waals surface area contributed by atoms with E-state index in [0.29, 0.717) is 17.5 Å². The summed E-state index contributed by atoms with van der Waals surface area (Å²) in [5, 5.41) is 9.62. The molecule has 0 saturated carbocycles. The summed E-state index contributed by atoms with van der Waals surface area (Å²) in [6.07, 6.45) is -4.37. The number of halogens is 3. The van der Waals surface area contributed by atoms with Crippen molar-refractivity contribution in [1.29, 1.82) is 0 Å². The van der Waals surface area contributed by atoms with Gasteiger partial charge >= 0.3 is 6.36 Å². The molecule has 0 heterocycles. The lowest BCUT2D eigenvalue weighted by molar-refractivity contribution is -0.274. The molecule has 0 atom stereocenters. The first-order valence-electron chi connectivity index (χ1n) is 5.55. The van der Waals surface area contributed by atoms with Gasteiger partial charge in [0.2, 0.25) is 0 Å². The predicted octanol–water partition coefficient (Wildman–Crippen LogP) is 3.88. The maximum Gasteiger partial charge on any atom is 0.573 e. The van der Waals surface area contributed by atoms with Gasteiger partial charge in [-0.3, -0.25) is 0 Å². The lowest BCUT2D eigenvalue weighted by Gasteiger charge is -2.10. The number of rotatable bonds is 3. The fourth-order valence-electron chi connectivity index (χ4n) is 1.73. The molecule has 0 bridgehead atoms. The first-order valence-corrected chi connectivity index (χ1v) is 5.55. The maximum absolute atomic E-state index is 12.1. The van der Waals surface area contributed by atoms with Gasteiger partial charge in [-0.2, -0.15) is 0 Å². The van der Waals surface area contributed by atoms with Gasteiger partial charge in [0.25, 0.3) is 0 Å². The highest BCUT2D eigenvalue weighted by Crippen LogP contribution is 2.25. The number of hydrogen-bond acceptors (Lipinski definition) is 2. The third-order valence-corrected chi connectivity index (χ3v) is 2.52. The first kappa shape index (κ1) is 13.3. The molecule has 2 nitrogen and oxygen atoms in total. The summed E-state index contributed by atoms with van der Waals surface area (Å²) in [6.45, 7) is 0. The number of ether oxygens (including phenoxy) is 1. The van der Waals surface area contributed by atoms with Crippen LogP contribution in [0.5, 0.6) is 11.5 Å². The Labute approximate surface area is 108 Å². The fraction of sp³-hybridized carbons (Fsp3) is 0.143. The third kappa shape index (κ3) is 3.91. The topological polar surface area (TPSA) is 29.5 Å². The number of benzene rings is 2. The summed E-state index contributed by atoms with van der Waals surface area (Å²) in [4.78, 5) is 0. The molecule has 0 fully saturated rings. The smallest absolute Gasteiger partial charge is 0.508 e. The van der Waals surface area contributed by atoms with E-state index in [4.69, 9.17) is 0 Å². The highest BCUT2D eigenvalue weighted by Gasteiger charge is 2.31. The molecule has 5 heteroatoms. The van der Waals surface area contributed by atoms with Crippen LogP contribution in [-0.2, 0) is 6.42 Å². The number of para-hydroxylation sites is 1. The Morgan fingerprint density at radius 3 is 2.42 bits per heavy atom. The number of hydrogen-bond donors (Lipinski definition) is 1. The SMILES string of the molecule is Oc1ccccc1Cc1cccc(OC(F)(F)F)c1. The Morgan fingerprint density at radius 2 is 1.74 bits per heavy atom. The van der Waals surface area contributed by atoms with E-state index < -0.39 is 6.36 Å². The average molecular weight is 268 g/mol. The Bertz CT molecular complexity index is 565. The Morgan fingerprint density at radius 1 is 1.00 bits per heavy atom. The van der Waals surface area contributed by atoms with Crippen LogP contribution in [0, 0.1) is 0 Å². The molecule has 0 aliphatic carbocycles. The lowest BCUT2D eigenvalue weighted by atomic mass is 10.0. The summed E-state index contributed by atoms with van der Waals surface area (Å²) in [7, 11) is 0. The minimum Gasteiger partial charge on any atom is -0.508 e. The van der Waals surface area contributed by atoms with Crippen molar-refractivity contribution in [1.82, 2.24) is 0 Å². The van der Waals surface area contributed by atoms with E-state index >= 15 is 0 Å². The molecule has 2 aromatic carbocycles. The Hall–Kier alpha value is -2.17. The third-order valence-electron chi connectivity index (χ3n) is 2.52. The number of phenolic OH excluding ortho intramolecular Hbond substituents is 1. The second-order valence-electron chi connectivity index (χ2n) is 4.00. The molecular weight excluding hydrogens is 257 g/mol. The van der Waals surface area contributed by atoms with Gasteiger partial charge in [0.05, 0.1) is 0 Å². The van der Waals surface area contributed by atoms with E-state index in [2.05, 4.69) is 4.74 Å². The zero-order chi connectivity index (χ0) is 13.9. The zero-order valence-corrected chi connectivity index (χ0v) is 9.82. The minimum atomic E-state index is -4.70. The van der Waals surface area contributed by atoms with Gasteiger partial charge in [0, 0.05) is 6.42 Å². The summed E-state index contributed by atoms with van der Waals surface area (Å²) >= 11 is 0. The van der Waals surface area contributed by atoms with Gasteiger partial charge in [-0.25, -0.2) is 0 Å². The van der Waals surface area contributed by atoms with Crippen LogP contribution in [0.25, 0.3) is 0 Å². The van der Waals surface area contributed by atoms with Crippen LogP contribution in [0.1, 0.15) is 11.1 Å². The van der Waals surface area contributed by atoms with E-state index in [9.17, 15) is 18.3 Å². The van der Waals surface area contributed by atoms with E-state index in [1.165, 1.54) is 24.3 Å². The molecule has 2 rings (SSSR count). The van der Waals surface area contributed by atoms with Crippen LogP contribution in [-0.4, -0.2) is 11.5 Å². The second kappa shape index (κ2) is 5.22. The average Bonchev–Trinajstić information content (AvgIpc) is 2.30.